The lowest BCUT2D eigenvalue weighted by Crippen LogP contribution is -2.45. The topological polar surface area (TPSA) is 97.0 Å². The van der Waals surface area contributed by atoms with Crippen molar-refractivity contribution in [2.45, 2.75) is 38.6 Å². The summed E-state index contributed by atoms with van der Waals surface area (Å²) in [6.07, 6.45) is 0. The van der Waals surface area contributed by atoms with Crippen LogP contribution in [0, 0.1) is 0 Å². The Morgan fingerprint density at radius 1 is 1.24 bits per heavy atom. The molecule has 1 aromatic carbocycles. The molecule has 1 saturated heterocycles. The largest absolute Gasteiger partial charge is 0.379 e. The second-order valence-corrected chi connectivity index (χ2v) is 9.08. The predicted octanol–water partition coefficient (Wildman–Crippen LogP) is 1.05. The van der Waals surface area contributed by atoms with E-state index in [0.29, 0.717) is 38.8 Å². The van der Waals surface area contributed by atoms with E-state index in [2.05, 4.69) is 10.3 Å². The Morgan fingerprint density at radius 3 is 2.44 bits per heavy atom. The summed E-state index contributed by atoms with van der Waals surface area (Å²) in [7, 11) is -3.37. The third-order valence-corrected chi connectivity index (χ3v) is 5.57. The highest BCUT2D eigenvalue weighted by Crippen LogP contribution is 2.17. The number of aliphatic imine (C=N–C) groups is 1. The van der Waals surface area contributed by atoms with Crippen LogP contribution in [0.5, 0.6) is 0 Å². The molecule has 0 aliphatic carbocycles. The van der Waals surface area contributed by atoms with Crippen molar-refractivity contribution in [3.8, 4) is 0 Å². The summed E-state index contributed by atoms with van der Waals surface area (Å²) in [5.41, 5.74) is 7.34. The standard InChI is InChI=1S/C17H28N4O3S/c1-17(2,3)20-16(18)19-12-14-6-4-5-7-15(14)13-25(22,23)21-8-10-24-11-9-21/h4-7H,8-13H2,1-3H3,(H3,18,19,20). The summed E-state index contributed by atoms with van der Waals surface area (Å²) in [6.45, 7) is 8.04. The molecule has 1 fully saturated rings. The van der Waals surface area contributed by atoms with Crippen molar-refractivity contribution in [3.63, 3.8) is 0 Å². The fourth-order valence-electron chi connectivity index (χ4n) is 2.56. The molecule has 0 aromatic heterocycles. The Labute approximate surface area is 150 Å². The smallest absolute Gasteiger partial charge is 0.218 e. The van der Waals surface area contributed by atoms with E-state index in [1.807, 2.05) is 45.0 Å². The highest BCUT2D eigenvalue weighted by Gasteiger charge is 2.25. The van der Waals surface area contributed by atoms with Gasteiger partial charge < -0.3 is 15.8 Å². The zero-order valence-corrected chi connectivity index (χ0v) is 16.0. The zero-order chi connectivity index (χ0) is 18.5. The Kier molecular flexibility index (Phi) is 6.42. The van der Waals surface area contributed by atoms with Gasteiger partial charge in [-0.2, -0.15) is 4.31 Å². The molecule has 0 radical (unpaired) electrons. The molecule has 140 valence electrons. The molecule has 0 unspecified atom stereocenters. The number of hydrogen-bond donors (Lipinski definition) is 2. The lowest BCUT2D eigenvalue weighted by atomic mass is 10.1. The molecule has 0 spiro atoms. The van der Waals surface area contributed by atoms with Crippen molar-refractivity contribution in [1.29, 1.82) is 0 Å². The number of guanidine groups is 1. The van der Waals surface area contributed by atoms with E-state index in [0.717, 1.165) is 11.1 Å². The molecule has 3 N–H and O–H groups in total. The summed E-state index contributed by atoms with van der Waals surface area (Å²) >= 11 is 0. The highest BCUT2D eigenvalue weighted by molar-refractivity contribution is 7.88. The summed E-state index contributed by atoms with van der Waals surface area (Å²) in [5.74, 6) is 0.309. The number of nitrogens with zero attached hydrogens (tertiary/aromatic N) is 2. The molecule has 0 amide bonds. The normalized spacial score (nSPS) is 17.5. The van der Waals surface area contributed by atoms with Crippen molar-refractivity contribution in [2.75, 3.05) is 26.3 Å². The fourth-order valence-corrected chi connectivity index (χ4v) is 4.12. The van der Waals surface area contributed by atoms with Crippen LogP contribution in [0.2, 0.25) is 0 Å². The molecule has 2 rings (SSSR count). The molecular formula is C17H28N4O3S. The molecule has 0 saturated carbocycles. The molecule has 1 aromatic rings. The second kappa shape index (κ2) is 8.16. The number of nitrogens with one attached hydrogen (secondary N) is 1. The first-order valence-electron chi connectivity index (χ1n) is 8.38. The number of rotatable bonds is 5. The van der Waals surface area contributed by atoms with E-state index < -0.39 is 10.0 Å². The van der Waals surface area contributed by atoms with Gasteiger partial charge in [0, 0.05) is 18.6 Å². The first kappa shape index (κ1) is 19.7. The Hall–Kier alpha value is -1.64. The minimum atomic E-state index is -3.37. The van der Waals surface area contributed by atoms with Gasteiger partial charge in [-0.05, 0) is 31.9 Å². The Bertz CT molecular complexity index is 705. The van der Waals surface area contributed by atoms with E-state index in [9.17, 15) is 8.42 Å². The number of nitrogens with two attached hydrogens (primary N) is 1. The van der Waals surface area contributed by atoms with Gasteiger partial charge in [-0.1, -0.05) is 24.3 Å². The van der Waals surface area contributed by atoms with Crippen LogP contribution in [-0.4, -0.2) is 50.5 Å². The van der Waals surface area contributed by atoms with E-state index in [-0.39, 0.29) is 11.3 Å². The number of morpholine rings is 1. The third-order valence-electron chi connectivity index (χ3n) is 3.74. The van der Waals surface area contributed by atoms with Gasteiger partial charge in [0.2, 0.25) is 10.0 Å². The highest BCUT2D eigenvalue weighted by atomic mass is 32.2. The third kappa shape index (κ3) is 6.30. The minimum Gasteiger partial charge on any atom is -0.379 e. The summed E-state index contributed by atoms with van der Waals surface area (Å²) in [6, 6.07) is 7.44. The van der Waals surface area contributed by atoms with Gasteiger partial charge in [-0.25, -0.2) is 13.4 Å². The van der Waals surface area contributed by atoms with Gasteiger partial charge in [0.25, 0.3) is 0 Å². The van der Waals surface area contributed by atoms with Gasteiger partial charge in [0.05, 0.1) is 25.5 Å². The second-order valence-electron chi connectivity index (χ2n) is 7.11. The van der Waals surface area contributed by atoms with Gasteiger partial charge in [-0.15, -0.1) is 0 Å². The van der Waals surface area contributed by atoms with Crippen LogP contribution < -0.4 is 11.1 Å². The number of benzene rings is 1. The molecule has 25 heavy (non-hydrogen) atoms. The Balaban J connectivity index is 2.11. The number of ether oxygens (including phenoxy) is 1. The van der Waals surface area contributed by atoms with Crippen molar-refractivity contribution in [1.82, 2.24) is 9.62 Å². The summed E-state index contributed by atoms with van der Waals surface area (Å²) in [4.78, 5) is 4.34. The van der Waals surface area contributed by atoms with E-state index in [1.54, 1.807) is 0 Å². The van der Waals surface area contributed by atoms with Crippen molar-refractivity contribution in [2.24, 2.45) is 10.7 Å². The van der Waals surface area contributed by atoms with E-state index in [1.165, 1.54) is 4.31 Å². The van der Waals surface area contributed by atoms with Gasteiger partial charge in [0.15, 0.2) is 5.96 Å². The maximum absolute atomic E-state index is 12.6. The average Bonchev–Trinajstić information content (AvgIpc) is 2.53. The van der Waals surface area contributed by atoms with Gasteiger partial charge >= 0.3 is 0 Å². The lowest BCUT2D eigenvalue weighted by Gasteiger charge is -2.26. The maximum Gasteiger partial charge on any atom is 0.218 e. The molecule has 8 heteroatoms. The van der Waals surface area contributed by atoms with Crippen LogP contribution in [0.4, 0.5) is 0 Å². The monoisotopic (exact) mass is 368 g/mol. The van der Waals surface area contributed by atoms with Crippen LogP contribution in [0.1, 0.15) is 31.9 Å². The lowest BCUT2D eigenvalue weighted by molar-refractivity contribution is 0.0729. The van der Waals surface area contributed by atoms with Crippen LogP contribution in [0.25, 0.3) is 0 Å². The molecule has 1 heterocycles. The average molecular weight is 369 g/mol. The zero-order valence-electron chi connectivity index (χ0n) is 15.2. The summed E-state index contributed by atoms with van der Waals surface area (Å²) < 4.78 is 32.0. The number of hydrogen-bond acceptors (Lipinski definition) is 4. The maximum atomic E-state index is 12.6. The van der Waals surface area contributed by atoms with E-state index in [4.69, 9.17) is 10.5 Å². The first-order chi connectivity index (χ1) is 11.7. The quantitative estimate of drug-likeness (QED) is 0.598. The Morgan fingerprint density at radius 2 is 1.84 bits per heavy atom. The van der Waals surface area contributed by atoms with Crippen LogP contribution in [0.3, 0.4) is 0 Å². The SMILES string of the molecule is CC(C)(C)NC(N)=NCc1ccccc1CS(=O)(=O)N1CCOCC1. The van der Waals surface area contributed by atoms with Crippen LogP contribution >= 0.6 is 0 Å². The molecule has 1 aliphatic heterocycles. The fraction of sp³-hybridized carbons (Fsp3) is 0.588. The van der Waals surface area contributed by atoms with Crippen LogP contribution in [-0.2, 0) is 27.1 Å². The molecular weight excluding hydrogens is 340 g/mol. The molecule has 7 nitrogen and oxygen atoms in total. The molecule has 0 atom stereocenters. The minimum absolute atomic E-state index is 0.0364. The van der Waals surface area contributed by atoms with E-state index >= 15 is 0 Å². The van der Waals surface area contributed by atoms with Crippen molar-refractivity contribution < 1.29 is 13.2 Å². The van der Waals surface area contributed by atoms with Gasteiger partial charge in [0.1, 0.15) is 0 Å². The predicted molar refractivity (Wildman–Crippen MR) is 99.7 cm³/mol. The van der Waals surface area contributed by atoms with Crippen LogP contribution in [0.15, 0.2) is 29.3 Å². The van der Waals surface area contributed by atoms with Crippen molar-refractivity contribution >= 4 is 16.0 Å². The summed E-state index contributed by atoms with van der Waals surface area (Å²) in [5, 5.41) is 3.10. The van der Waals surface area contributed by atoms with Crippen molar-refractivity contribution in [3.05, 3.63) is 35.4 Å². The molecule has 0 bridgehead atoms. The first-order valence-corrected chi connectivity index (χ1v) is 9.99. The number of sulfonamides is 1. The molecule has 1 aliphatic rings. The van der Waals surface area contributed by atoms with Gasteiger partial charge in [-0.3, -0.25) is 0 Å².